The van der Waals surface area contributed by atoms with Crippen LogP contribution in [0.4, 0.5) is 0 Å². The fourth-order valence-corrected chi connectivity index (χ4v) is 2.83. The van der Waals surface area contributed by atoms with Crippen LogP contribution in [0.1, 0.15) is 24.8 Å². The second-order valence-corrected chi connectivity index (χ2v) is 5.52. The molecule has 2 N–H and O–H groups in total. The Morgan fingerprint density at radius 1 is 1.35 bits per heavy atom. The van der Waals surface area contributed by atoms with Crippen LogP contribution >= 0.6 is 0 Å². The van der Waals surface area contributed by atoms with Gasteiger partial charge in [0.15, 0.2) is 0 Å². The Hall–Kier alpha value is -1.06. The fraction of sp³-hybridized carbons (Fsp3) is 0.571. The lowest BCUT2D eigenvalue weighted by Crippen LogP contribution is -2.36. The summed E-state index contributed by atoms with van der Waals surface area (Å²) in [4.78, 5) is 2.41. The van der Waals surface area contributed by atoms with Crippen molar-refractivity contribution in [3.63, 3.8) is 0 Å². The van der Waals surface area contributed by atoms with Crippen LogP contribution in [-0.4, -0.2) is 39.8 Å². The van der Waals surface area contributed by atoms with Gasteiger partial charge < -0.3 is 10.2 Å². The topological polar surface area (TPSA) is 43.7 Å². The first-order chi connectivity index (χ1) is 8.15. The molecule has 1 unspecified atom stereocenters. The monoisotopic (exact) mass is 233 g/mol. The minimum Gasteiger partial charge on any atom is -0.508 e. The molecule has 2 aliphatic rings. The number of hydrogen-bond acceptors (Lipinski definition) is 3. The van der Waals surface area contributed by atoms with Crippen molar-refractivity contribution in [2.24, 2.45) is 0 Å². The highest BCUT2D eigenvalue weighted by molar-refractivity contribution is 5.28. The van der Waals surface area contributed by atoms with Crippen LogP contribution in [0.2, 0.25) is 0 Å². The van der Waals surface area contributed by atoms with E-state index in [1.807, 2.05) is 12.1 Å². The number of phenolic OH excluding ortho intramolecular Hbond substituents is 1. The van der Waals surface area contributed by atoms with E-state index >= 15 is 0 Å². The van der Waals surface area contributed by atoms with Crippen LogP contribution in [-0.2, 0) is 6.42 Å². The van der Waals surface area contributed by atoms with E-state index in [0.29, 0.717) is 6.42 Å². The molecule has 1 aromatic carbocycles. The molecule has 3 rings (SSSR count). The molecule has 17 heavy (non-hydrogen) atoms. The smallest absolute Gasteiger partial charge is 0.115 e. The Kier molecular flexibility index (Phi) is 2.60. The standard InChI is InChI=1S/C14H19NO2/c16-13-3-1-2-11(8-13)9-14(17)6-7-15(10-14)12-4-5-12/h1-3,8,12,16-17H,4-7,9-10H2. The molecule has 0 aromatic heterocycles. The van der Waals surface area contributed by atoms with Gasteiger partial charge in [0.1, 0.15) is 5.75 Å². The molecule has 1 heterocycles. The van der Waals surface area contributed by atoms with Gasteiger partial charge in [0, 0.05) is 25.6 Å². The molecule has 2 fully saturated rings. The van der Waals surface area contributed by atoms with Gasteiger partial charge in [-0.25, -0.2) is 0 Å². The van der Waals surface area contributed by atoms with Gasteiger partial charge in [-0.1, -0.05) is 12.1 Å². The molecule has 1 aromatic rings. The summed E-state index contributed by atoms with van der Waals surface area (Å²) in [5.41, 5.74) is 0.418. The van der Waals surface area contributed by atoms with Crippen molar-refractivity contribution in [2.75, 3.05) is 13.1 Å². The molecule has 1 aliphatic carbocycles. The number of phenols is 1. The normalized spacial score (nSPS) is 29.7. The molecule has 0 bridgehead atoms. The molecule has 1 aliphatic heterocycles. The number of aliphatic hydroxyl groups is 1. The quantitative estimate of drug-likeness (QED) is 0.832. The minimum absolute atomic E-state index is 0.281. The van der Waals surface area contributed by atoms with Crippen molar-refractivity contribution >= 4 is 0 Å². The predicted octanol–water partition coefficient (Wildman–Crippen LogP) is 1.53. The first-order valence-corrected chi connectivity index (χ1v) is 6.39. The van der Waals surface area contributed by atoms with Crippen molar-refractivity contribution in [3.05, 3.63) is 29.8 Å². The number of benzene rings is 1. The molecule has 1 atom stereocenters. The van der Waals surface area contributed by atoms with Crippen molar-refractivity contribution in [1.29, 1.82) is 0 Å². The van der Waals surface area contributed by atoms with Gasteiger partial charge in [-0.15, -0.1) is 0 Å². The van der Waals surface area contributed by atoms with E-state index in [2.05, 4.69) is 4.90 Å². The average Bonchev–Trinajstić information content (AvgIpc) is 3.03. The second-order valence-electron chi connectivity index (χ2n) is 5.52. The third-order valence-electron chi connectivity index (χ3n) is 3.87. The van der Waals surface area contributed by atoms with E-state index < -0.39 is 5.60 Å². The van der Waals surface area contributed by atoms with Crippen LogP contribution in [0.5, 0.6) is 5.75 Å². The lowest BCUT2D eigenvalue weighted by Gasteiger charge is -2.23. The van der Waals surface area contributed by atoms with E-state index in [1.165, 1.54) is 12.8 Å². The number of nitrogens with zero attached hydrogens (tertiary/aromatic N) is 1. The maximum atomic E-state index is 10.6. The van der Waals surface area contributed by atoms with Crippen LogP contribution in [0.25, 0.3) is 0 Å². The summed E-state index contributed by atoms with van der Waals surface area (Å²) in [5.74, 6) is 0.281. The number of aromatic hydroxyl groups is 1. The summed E-state index contributed by atoms with van der Waals surface area (Å²) in [7, 11) is 0. The third kappa shape index (κ3) is 2.45. The number of rotatable bonds is 3. The molecule has 0 amide bonds. The zero-order valence-corrected chi connectivity index (χ0v) is 9.97. The van der Waals surface area contributed by atoms with Gasteiger partial charge >= 0.3 is 0 Å². The average molecular weight is 233 g/mol. The minimum atomic E-state index is -0.601. The molecule has 92 valence electrons. The van der Waals surface area contributed by atoms with E-state index in [0.717, 1.165) is 31.1 Å². The van der Waals surface area contributed by atoms with Crippen molar-refractivity contribution in [3.8, 4) is 5.75 Å². The second kappa shape index (κ2) is 4.00. The highest BCUT2D eigenvalue weighted by atomic mass is 16.3. The summed E-state index contributed by atoms with van der Waals surface area (Å²) in [6, 6.07) is 7.95. The summed E-state index contributed by atoms with van der Waals surface area (Å²) in [6.45, 7) is 1.80. The number of likely N-dealkylation sites (tertiary alicyclic amines) is 1. The Morgan fingerprint density at radius 3 is 2.88 bits per heavy atom. The SMILES string of the molecule is Oc1cccc(CC2(O)CCN(C3CC3)C2)c1. The molecule has 1 saturated heterocycles. The van der Waals surface area contributed by atoms with E-state index in [-0.39, 0.29) is 5.75 Å². The summed E-state index contributed by atoms with van der Waals surface area (Å²) < 4.78 is 0. The molecular formula is C14H19NO2. The van der Waals surface area contributed by atoms with Crippen molar-refractivity contribution in [2.45, 2.75) is 37.3 Å². The van der Waals surface area contributed by atoms with Gasteiger partial charge in [-0.05, 0) is 37.0 Å². The number of β-amino-alcohol motifs (C(OH)–C–C–N with tert-alkyl or cyclic N) is 1. The largest absolute Gasteiger partial charge is 0.508 e. The predicted molar refractivity (Wildman–Crippen MR) is 66.0 cm³/mol. The Labute approximate surface area is 102 Å². The van der Waals surface area contributed by atoms with Gasteiger partial charge in [-0.3, -0.25) is 4.90 Å². The Bertz CT molecular complexity index is 416. The van der Waals surface area contributed by atoms with E-state index in [1.54, 1.807) is 12.1 Å². The van der Waals surface area contributed by atoms with E-state index in [4.69, 9.17) is 0 Å². The lowest BCUT2D eigenvalue weighted by atomic mass is 9.94. The number of hydrogen-bond donors (Lipinski definition) is 2. The fourth-order valence-electron chi connectivity index (χ4n) is 2.83. The Balaban J connectivity index is 1.68. The first-order valence-electron chi connectivity index (χ1n) is 6.39. The first kappa shape index (κ1) is 11.1. The van der Waals surface area contributed by atoms with Crippen LogP contribution < -0.4 is 0 Å². The van der Waals surface area contributed by atoms with Crippen molar-refractivity contribution < 1.29 is 10.2 Å². The molecule has 0 radical (unpaired) electrons. The van der Waals surface area contributed by atoms with E-state index in [9.17, 15) is 10.2 Å². The third-order valence-corrected chi connectivity index (χ3v) is 3.87. The lowest BCUT2D eigenvalue weighted by molar-refractivity contribution is 0.0487. The maximum absolute atomic E-state index is 10.6. The zero-order valence-electron chi connectivity index (χ0n) is 9.97. The molecule has 1 saturated carbocycles. The van der Waals surface area contributed by atoms with Gasteiger partial charge in [0.25, 0.3) is 0 Å². The summed E-state index contributed by atoms with van der Waals surface area (Å²) >= 11 is 0. The van der Waals surface area contributed by atoms with Gasteiger partial charge in [-0.2, -0.15) is 0 Å². The highest BCUT2D eigenvalue weighted by Crippen LogP contribution is 2.35. The molecular weight excluding hydrogens is 214 g/mol. The molecule has 3 heteroatoms. The van der Waals surface area contributed by atoms with Crippen molar-refractivity contribution in [1.82, 2.24) is 4.90 Å². The molecule has 3 nitrogen and oxygen atoms in total. The van der Waals surface area contributed by atoms with Gasteiger partial charge in [0.05, 0.1) is 5.60 Å². The van der Waals surface area contributed by atoms with Gasteiger partial charge in [0.2, 0.25) is 0 Å². The Morgan fingerprint density at radius 2 is 2.18 bits per heavy atom. The van der Waals surface area contributed by atoms with Crippen LogP contribution in [0.15, 0.2) is 24.3 Å². The highest BCUT2D eigenvalue weighted by Gasteiger charge is 2.41. The maximum Gasteiger partial charge on any atom is 0.115 e. The van der Waals surface area contributed by atoms with Crippen LogP contribution in [0.3, 0.4) is 0 Å². The zero-order chi connectivity index (χ0) is 11.9. The summed E-state index contributed by atoms with van der Waals surface area (Å²) in [5, 5.41) is 20.0. The summed E-state index contributed by atoms with van der Waals surface area (Å²) in [6.07, 6.45) is 4.08. The van der Waals surface area contributed by atoms with Crippen LogP contribution in [0, 0.1) is 0 Å². The molecule has 0 spiro atoms.